The van der Waals surface area contributed by atoms with Crippen LogP contribution < -0.4 is 5.73 Å². The van der Waals surface area contributed by atoms with Gasteiger partial charge in [0.1, 0.15) is 0 Å². The van der Waals surface area contributed by atoms with Gasteiger partial charge in [0.2, 0.25) is 0 Å². The zero-order chi connectivity index (χ0) is 9.03. The van der Waals surface area contributed by atoms with E-state index in [1.54, 1.807) is 0 Å². The molecule has 1 aliphatic rings. The molecule has 0 aromatic rings. The van der Waals surface area contributed by atoms with E-state index in [2.05, 4.69) is 0 Å². The third-order valence-electron chi connectivity index (χ3n) is 3.18. The maximum Gasteiger partial charge on any atom is 0.0769 e. The van der Waals surface area contributed by atoms with Crippen molar-refractivity contribution >= 4 is 0 Å². The topological polar surface area (TPSA) is 46.2 Å². The summed E-state index contributed by atoms with van der Waals surface area (Å²) in [7, 11) is 0. The molecule has 1 aliphatic carbocycles. The molecule has 0 aromatic heterocycles. The van der Waals surface area contributed by atoms with Crippen molar-refractivity contribution in [3.8, 4) is 0 Å². The van der Waals surface area contributed by atoms with Crippen LogP contribution >= 0.6 is 0 Å². The minimum absolute atomic E-state index is 0.417. The molecule has 0 saturated heterocycles. The summed E-state index contributed by atoms with van der Waals surface area (Å²) in [6.07, 6.45) is 6.98. The summed E-state index contributed by atoms with van der Waals surface area (Å²) in [6.45, 7) is 2.43. The number of nitrogens with two attached hydrogens (primary N) is 1. The lowest BCUT2D eigenvalue weighted by Gasteiger charge is -2.27. The highest BCUT2D eigenvalue weighted by Crippen LogP contribution is 2.32. The molecular formula is C10H21NO. The molecule has 1 atom stereocenters. The van der Waals surface area contributed by atoms with Crippen LogP contribution in [0.3, 0.4) is 0 Å². The van der Waals surface area contributed by atoms with E-state index in [0.29, 0.717) is 6.54 Å². The molecule has 12 heavy (non-hydrogen) atoms. The number of hydrogen-bond donors (Lipinski definition) is 2. The van der Waals surface area contributed by atoms with Gasteiger partial charge in [-0.15, -0.1) is 0 Å². The summed E-state index contributed by atoms with van der Waals surface area (Å²) in [5.41, 5.74) is 4.97. The molecule has 0 bridgehead atoms. The zero-order valence-electron chi connectivity index (χ0n) is 8.05. The minimum Gasteiger partial charge on any atom is -0.389 e. The maximum absolute atomic E-state index is 9.96. The second-order valence-corrected chi connectivity index (χ2v) is 4.14. The van der Waals surface area contributed by atoms with Gasteiger partial charge in [-0.2, -0.15) is 0 Å². The van der Waals surface area contributed by atoms with Crippen molar-refractivity contribution < 1.29 is 5.11 Å². The van der Waals surface area contributed by atoms with Gasteiger partial charge in [0.15, 0.2) is 0 Å². The first kappa shape index (κ1) is 10.0. The fraction of sp³-hybridized carbons (Fsp3) is 1.00. The molecule has 3 N–H and O–H groups in total. The summed E-state index contributed by atoms with van der Waals surface area (Å²) in [5, 5.41) is 9.96. The van der Waals surface area contributed by atoms with Gasteiger partial charge in [0.25, 0.3) is 0 Å². The molecule has 0 radical (unpaired) electrons. The molecule has 1 unspecified atom stereocenters. The average molecular weight is 171 g/mol. The van der Waals surface area contributed by atoms with Gasteiger partial charge in [0.05, 0.1) is 5.60 Å². The van der Waals surface area contributed by atoms with Crippen LogP contribution in [-0.4, -0.2) is 17.3 Å². The Hall–Kier alpha value is -0.0800. The van der Waals surface area contributed by atoms with Crippen LogP contribution in [0.2, 0.25) is 0 Å². The summed E-state index contributed by atoms with van der Waals surface area (Å²) >= 11 is 0. The van der Waals surface area contributed by atoms with Crippen molar-refractivity contribution in [1.29, 1.82) is 0 Å². The van der Waals surface area contributed by atoms with Crippen molar-refractivity contribution in [1.82, 2.24) is 0 Å². The molecular weight excluding hydrogens is 150 g/mol. The maximum atomic E-state index is 9.96. The minimum atomic E-state index is -0.574. The van der Waals surface area contributed by atoms with Gasteiger partial charge in [-0.1, -0.05) is 32.6 Å². The van der Waals surface area contributed by atoms with Crippen LogP contribution in [0.1, 0.15) is 45.4 Å². The summed E-state index contributed by atoms with van der Waals surface area (Å²) in [4.78, 5) is 0. The Morgan fingerprint density at radius 3 is 2.42 bits per heavy atom. The highest BCUT2D eigenvalue weighted by Gasteiger charge is 2.28. The lowest BCUT2D eigenvalue weighted by atomic mass is 9.87. The first-order chi connectivity index (χ1) is 5.70. The van der Waals surface area contributed by atoms with Crippen molar-refractivity contribution in [2.24, 2.45) is 11.7 Å². The van der Waals surface area contributed by atoms with Gasteiger partial charge in [-0.3, -0.25) is 0 Å². The lowest BCUT2D eigenvalue weighted by molar-refractivity contribution is 0.0209. The van der Waals surface area contributed by atoms with Crippen LogP contribution in [0.15, 0.2) is 0 Å². The Morgan fingerprint density at radius 2 is 2.00 bits per heavy atom. The van der Waals surface area contributed by atoms with Crippen molar-refractivity contribution in [2.75, 3.05) is 6.54 Å². The first-order valence-corrected chi connectivity index (χ1v) is 5.12. The number of rotatable bonds is 4. The lowest BCUT2D eigenvalue weighted by Crippen LogP contribution is -2.38. The number of aliphatic hydroxyl groups is 1. The molecule has 1 fully saturated rings. The molecule has 1 saturated carbocycles. The van der Waals surface area contributed by atoms with Crippen molar-refractivity contribution in [3.63, 3.8) is 0 Å². The fourth-order valence-corrected chi connectivity index (χ4v) is 2.12. The van der Waals surface area contributed by atoms with Gasteiger partial charge in [-0.25, -0.2) is 0 Å². The third kappa shape index (κ3) is 2.46. The van der Waals surface area contributed by atoms with Gasteiger partial charge in [-0.05, 0) is 18.8 Å². The smallest absolute Gasteiger partial charge is 0.0769 e. The van der Waals surface area contributed by atoms with Gasteiger partial charge >= 0.3 is 0 Å². The molecule has 0 aromatic carbocycles. The van der Waals surface area contributed by atoms with Crippen LogP contribution in [0.25, 0.3) is 0 Å². The van der Waals surface area contributed by atoms with Gasteiger partial charge in [0, 0.05) is 6.54 Å². The van der Waals surface area contributed by atoms with E-state index in [0.717, 1.165) is 18.8 Å². The Morgan fingerprint density at radius 1 is 1.42 bits per heavy atom. The predicted molar refractivity (Wildman–Crippen MR) is 50.9 cm³/mol. The van der Waals surface area contributed by atoms with E-state index >= 15 is 0 Å². The molecule has 0 heterocycles. The quantitative estimate of drug-likeness (QED) is 0.676. The SMILES string of the molecule is CCC(O)(CN)CC1CCCC1. The highest BCUT2D eigenvalue weighted by molar-refractivity contribution is 4.83. The standard InChI is InChI=1S/C10H21NO/c1-2-10(12,8-11)7-9-5-3-4-6-9/h9,12H,2-8,11H2,1H3. The first-order valence-electron chi connectivity index (χ1n) is 5.12. The second kappa shape index (κ2) is 4.24. The van der Waals surface area contributed by atoms with E-state index < -0.39 is 5.60 Å². The van der Waals surface area contributed by atoms with E-state index in [4.69, 9.17) is 5.73 Å². The van der Waals surface area contributed by atoms with Crippen molar-refractivity contribution in [3.05, 3.63) is 0 Å². The zero-order valence-corrected chi connectivity index (χ0v) is 8.05. The average Bonchev–Trinajstić information content (AvgIpc) is 2.57. The molecule has 72 valence electrons. The van der Waals surface area contributed by atoms with E-state index in [1.807, 2.05) is 6.92 Å². The predicted octanol–water partition coefficient (Wildman–Crippen LogP) is 1.67. The molecule has 0 spiro atoms. The highest BCUT2D eigenvalue weighted by atomic mass is 16.3. The van der Waals surface area contributed by atoms with Crippen LogP contribution in [-0.2, 0) is 0 Å². The monoisotopic (exact) mass is 171 g/mol. The Balaban J connectivity index is 2.35. The third-order valence-corrected chi connectivity index (χ3v) is 3.18. The molecule has 0 amide bonds. The summed E-state index contributed by atoms with van der Waals surface area (Å²) in [5.74, 6) is 0.735. The largest absolute Gasteiger partial charge is 0.389 e. The molecule has 0 aliphatic heterocycles. The fourth-order valence-electron chi connectivity index (χ4n) is 2.12. The molecule has 2 nitrogen and oxygen atoms in total. The normalized spacial score (nSPS) is 24.2. The second-order valence-electron chi connectivity index (χ2n) is 4.14. The van der Waals surface area contributed by atoms with Crippen LogP contribution in [0, 0.1) is 5.92 Å². The van der Waals surface area contributed by atoms with Crippen LogP contribution in [0.4, 0.5) is 0 Å². The van der Waals surface area contributed by atoms with Crippen LogP contribution in [0.5, 0.6) is 0 Å². The Kier molecular flexibility index (Phi) is 3.53. The van der Waals surface area contributed by atoms with E-state index in [1.165, 1.54) is 25.7 Å². The van der Waals surface area contributed by atoms with Crippen molar-refractivity contribution in [2.45, 2.75) is 51.0 Å². The van der Waals surface area contributed by atoms with E-state index in [9.17, 15) is 5.11 Å². The summed E-state index contributed by atoms with van der Waals surface area (Å²) in [6, 6.07) is 0. The Labute approximate surface area is 75.2 Å². The Bertz CT molecular complexity index is 126. The number of hydrogen-bond acceptors (Lipinski definition) is 2. The van der Waals surface area contributed by atoms with Gasteiger partial charge < -0.3 is 10.8 Å². The molecule has 2 heteroatoms. The summed E-state index contributed by atoms with van der Waals surface area (Å²) < 4.78 is 0. The molecule has 1 rings (SSSR count). The van der Waals surface area contributed by atoms with E-state index in [-0.39, 0.29) is 0 Å².